The smallest absolute Gasteiger partial charge is 0.407 e. The van der Waals surface area contributed by atoms with Crippen molar-refractivity contribution >= 4 is 34.4 Å². The Bertz CT molecular complexity index is 1120. The lowest BCUT2D eigenvalue weighted by molar-refractivity contribution is 0.0343. The van der Waals surface area contributed by atoms with Gasteiger partial charge in [0.1, 0.15) is 0 Å². The van der Waals surface area contributed by atoms with Gasteiger partial charge in [0, 0.05) is 40.5 Å². The van der Waals surface area contributed by atoms with Gasteiger partial charge >= 0.3 is 7.12 Å². The second-order valence-electron chi connectivity index (χ2n) is 8.14. The lowest BCUT2D eigenvalue weighted by atomic mass is 9.75. The van der Waals surface area contributed by atoms with Crippen molar-refractivity contribution in [1.82, 2.24) is 4.98 Å². The zero-order valence-electron chi connectivity index (χ0n) is 15.7. The van der Waals surface area contributed by atoms with Gasteiger partial charge in [0.25, 0.3) is 0 Å². The summed E-state index contributed by atoms with van der Waals surface area (Å²) < 4.78 is 12.0. The number of aromatic amines is 1. The molecule has 1 N–H and O–H groups in total. The molecule has 0 amide bonds. The van der Waals surface area contributed by atoms with E-state index in [4.69, 9.17) is 9.31 Å². The van der Waals surface area contributed by atoms with E-state index in [9.17, 15) is 0 Å². The molecule has 0 saturated carbocycles. The molecule has 27 heavy (non-hydrogen) atoms. The van der Waals surface area contributed by atoms with Crippen LogP contribution in [0.5, 0.6) is 0 Å². The summed E-state index contributed by atoms with van der Waals surface area (Å²) in [6, 6.07) is 23.4. The zero-order chi connectivity index (χ0) is 18.4. The van der Waals surface area contributed by atoms with Crippen molar-refractivity contribution in [1.29, 1.82) is 0 Å². The van der Waals surface area contributed by atoms with Crippen molar-refractivity contribution in [3.63, 3.8) is 0 Å². The average Bonchev–Trinajstić information content (AvgIpc) is 3.07. The Morgan fingerprint density at radius 1 is 0.852 bits per heavy atom. The van der Waals surface area contributed by atoms with Crippen LogP contribution in [0.2, 0.25) is 0 Å². The molecule has 0 aliphatic carbocycles. The highest BCUT2D eigenvalue weighted by Crippen LogP contribution is 2.33. The van der Waals surface area contributed by atoms with E-state index in [0.717, 1.165) is 11.0 Å². The molecular formula is C23H22BNO2. The first-order valence-corrected chi connectivity index (χ1v) is 9.44. The molecule has 1 aliphatic rings. The highest BCUT2D eigenvalue weighted by Gasteiger charge is 2.33. The third-order valence-corrected chi connectivity index (χ3v) is 5.26. The summed E-state index contributed by atoms with van der Waals surface area (Å²) in [5, 5.41) is 2.51. The monoisotopic (exact) mass is 355 g/mol. The first kappa shape index (κ1) is 16.6. The second kappa shape index (κ2) is 6.26. The van der Waals surface area contributed by atoms with Gasteiger partial charge in [-0.25, -0.2) is 0 Å². The molecule has 0 atom stereocenters. The summed E-state index contributed by atoms with van der Waals surface area (Å²) in [6.45, 7) is 5.74. The molecule has 3 aromatic carbocycles. The standard InChI is InChI=1S/C23H22BNO2/c1-23(2)14-26-24(27-15-23)17-8-5-7-16(13-17)18-10-6-11-20-19-9-3-4-12-21(19)25-22(18)20/h3-13,25H,14-15H2,1-2H3. The number of hydrogen-bond acceptors (Lipinski definition) is 2. The zero-order valence-corrected chi connectivity index (χ0v) is 15.7. The first-order valence-electron chi connectivity index (χ1n) is 9.44. The van der Waals surface area contributed by atoms with Crippen LogP contribution in [0.25, 0.3) is 32.9 Å². The topological polar surface area (TPSA) is 34.2 Å². The van der Waals surface area contributed by atoms with Crippen molar-refractivity contribution in [3.05, 3.63) is 66.7 Å². The predicted molar refractivity (Wildman–Crippen MR) is 112 cm³/mol. The fourth-order valence-corrected chi connectivity index (χ4v) is 3.85. The van der Waals surface area contributed by atoms with Crippen molar-refractivity contribution in [2.24, 2.45) is 5.41 Å². The molecule has 1 fully saturated rings. The Kier molecular flexibility index (Phi) is 3.85. The molecular weight excluding hydrogens is 333 g/mol. The number of rotatable bonds is 2. The van der Waals surface area contributed by atoms with Crippen LogP contribution >= 0.6 is 0 Å². The molecule has 0 radical (unpaired) electrons. The van der Waals surface area contributed by atoms with E-state index in [2.05, 4.69) is 85.6 Å². The highest BCUT2D eigenvalue weighted by atomic mass is 16.6. The van der Waals surface area contributed by atoms with Gasteiger partial charge in [-0.2, -0.15) is 0 Å². The lowest BCUT2D eigenvalue weighted by Crippen LogP contribution is -2.47. The molecule has 5 rings (SSSR count). The minimum atomic E-state index is -0.292. The largest absolute Gasteiger partial charge is 0.493 e. The highest BCUT2D eigenvalue weighted by molar-refractivity contribution is 6.61. The van der Waals surface area contributed by atoms with Crippen molar-refractivity contribution in [2.45, 2.75) is 13.8 Å². The first-order chi connectivity index (χ1) is 13.1. The van der Waals surface area contributed by atoms with Crippen LogP contribution in [0.4, 0.5) is 0 Å². The Labute approximate surface area is 159 Å². The van der Waals surface area contributed by atoms with Crippen LogP contribution in [0, 0.1) is 5.41 Å². The molecule has 134 valence electrons. The number of H-pyrrole nitrogens is 1. The van der Waals surface area contributed by atoms with E-state index >= 15 is 0 Å². The maximum atomic E-state index is 5.98. The van der Waals surface area contributed by atoms with Crippen LogP contribution in [-0.4, -0.2) is 25.3 Å². The van der Waals surface area contributed by atoms with Gasteiger partial charge in [0.05, 0.1) is 5.52 Å². The number of para-hydroxylation sites is 2. The molecule has 4 aromatic rings. The maximum absolute atomic E-state index is 5.98. The molecule has 4 heteroatoms. The minimum absolute atomic E-state index is 0.0735. The second-order valence-corrected chi connectivity index (χ2v) is 8.14. The summed E-state index contributed by atoms with van der Waals surface area (Å²) in [5.41, 5.74) is 5.84. The number of fused-ring (bicyclic) bond motifs is 3. The van der Waals surface area contributed by atoms with Crippen LogP contribution in [-0.2, 0) is 9.31 Å². The third kappa shape index (κ3) is 2.95. The van der Waals surface area contributed by atoms with Gasteiger partial charge in [0.15, 0.2) is 0 Å². The fourth-order valence-electron chi connectivity index (χ4n) is 3.85. The van der Waals surface area contributed by atoms with Crippen LogP contribution in [0.1, 0.15) is 13.8 Å². The van der Waals surface area contributed by atoms with Gasteiger partial charge in [-0.05, 0) is 17.1 Å². The Hall–Kier alpha value is -2.56. The number of aromatic nitrogens is 1. The minimum Gasteiger partial charge on any atom is -0.407 e. The van der Waals surface area contributed by atoms with Crippen LogP contribution in [0.3, 0.4) is 0 Å². The average molecular weight is 355 g/mol. The van der Waals surface area contributed by atoms with E-state index in [0.29, 0.717) is 13.2 Å². The quantitative estimate of drug-likeness (QED) is 0.526. The number of hydrogen-bond donors (Lipinski definition) is 1. The molecule has 0 bridgehead atoms. The maximum Gasteiger partial charge on any atom is 0.493 e. The molecule has 3 nitrogen and oxygen atoms in total. The number of nitrogens with one attached hydrogen (secondary N) is 1. The van der Waals surface area contributed by atoms with Crippen LogP contribution in [0.15, 0.2) is 66.7 Å². The lowest BCUT2D eigenvalue weighted by Gasteiger charge is -2.33. The van der Waals surface area contributed by atoms with Gasteiger partial charge in [-0.15, -0.1) is 0 Å². The molecule has 1 saturated heterocycles. The van der Waals surface area contributed by atoms with Gasteiger partial charge in [0.2, 0.25) is 0 Å². The van der Waals surface area contributed by atoms with Crippen molar-refractivity contribution in [3.8, 4) is 11.1 Å². The summed E-state index contributed by atoms with van der Waals surface area (Å²) in [4.78, 5) is 3.59. The molecule has 1 aliphatic heterocycles. The summed E-state index contributed by atoms with van der Waals surface area (Å²) >= 11 is 0. The van der Waals surface area contributed by atoms with Gasteiger partial charge in [-0.1, -0.05) is 74.5 Å². The Morgan fingerprint density at radius 2 is 1.59 bits per heavy atom. The fraction of sp³-hybridized carbons (Fsp3) is 0.217. The summed E-state index contributed by atoms with van der Waals surface area (Å²) in [5.74, 6) is 0. The van der Waals surface area contributed by atoms with Crippen molar-refractivity contribution < 1.29 is 9.31 Å². The summed E-state index contributed by atoms with van der Waals surface area (Å²) in [6.07, 6.45) is 0. The van der Waals surface area contributed by atoms with E-state index < -0.39 is 0 Å². The van der Waals surface area contributed by atoms with E-state index in [1.54, 1.807) is 0 Å². The molecule has 2 heterocycles. The number of benzene rings is 3. The van der Waals surface area contributed by atoms with Gasteiger partial charge in [-0.3, -0.25) is 0 Å². The predicted octanol–water partition coefficient (Wildman–Crippen LogP) is 4.76. The van der Waals surface area contributed by atoms with Gasteiger partial charge < -0.3 is 14.3 Å². The molecule has 0 unspecified atom stereocenters. The van der Waals surface area contributed by atoms with E-state index in [-0.39, 0.29) is 12.5 Å². The normalized spacial score (nSPS) is 16.9. The molecule has 1 aromatic heterocycles. The third-order valence-electron chi connectivity index (χ3n) is 5.26. The summed E-state index contributed by atoms with van der Waals surface area (Å²) in [7, 11) is -0.292. The van der Waals surface area contributed by atoms with E-state index in [1.165, 1.54) is 27.4 Å². The molecule has 0 spiro atoms. The SMILES string of the molecule is CC1(C)COB(c2cccc(-c3cccc4c3[nH]c3ccccc34)c2)OC1. The van der Waals surface area contributed by atoms with Crippen LogP contribution < -0.4 is 5.46 Å². The Morgan fingerprint density at radius 3 is 2.44 bits per heavy atom. The van der Waals surface area contributed by atoms with E-state index in [1.807, 2.05) is 0 Å². The Balaban J connectivity index is 1.57. The van der Waals surface area contributed by atoms with Crippen molar-refractivity contribution in [2.75, 3.05) is 13.2 Å².